The maximum absolute atomic E-state index is 13.5. The predicted octanol–water partition coefficient (Wildman–Crippen LogP) is 7.02. The number of nitrogens with zero attached hydrogens (tertiary/aromatic N) is 2. The van der Waals surface area contributed by atoms with Gasteiger partial charge in [0.05, 0.1) is 38.1 Å². The lowest BCUT2D eigenvalue weighted by Crippen LogP contribution is -2.27. The number of hydrogen-bond donors (Lipinski definition) is 2. The summed E-state index contributed by atoms with van der Waals surface area (Å²) in [6.45, 7) is 10.2. The maximum atomic E-state index is 13.5. The fraction of sp³-hybridized carbons (Fsp3) is 0.333. The zero-order valence-corrected chi connectivity index (χ0v) is 25.4. The van der Waals surface area contributed by atoms with Crippen molar-refractivity contribution < 1.29 is 32.5 Å². The number of benzene rings is 2. The van der Waals surface area contributed by atoms with Crippen molar-refractivity contribution in [3.63, 3.8) is 0 Å². The maximum Gasteiger partial charge on any atom is 0.442 e. The Morgan fingerprint density at radius 1 is 0.857 bits per heavy atom. The van der Waals surface area contributed by atoms with E-state index in [0.717, 1.165) is 0 Å². The lowest BCUT2D eigenvalue weighted by molar-refractivity contribution is 0.0603. The van der Waals surface area contributed by atoms with Crippen molar-refractivity contribution >= 4 is 39.2 Å². The van der Waals surface area contributed by atoms with E-state index in [1.807, 2.05) is 0 Å². The van der Waals surface area contributed by atoms with Crippen LogP contribution >= 0.6 is 0 Å². The third-order valence-electron chi connectivity index (χ3n) is 5.24. The number of halogens is 1. The van der Waals surface area contributed by atoms with Crippen LogP contribution in [0, 0.1) is 5.82 Å². The van der Waals surface area contributed by atoms with Crippen LogP contribution in [0.1, 0.15) is 57.6 Å². The fourth-order valence-corrected chi connectivity index (χ4v) is 4.71. The molecule has 224 valence electrons. The molecule has 3 amide bonds. The van der Waals surface area contributed by atoms with Crippen LogP contribution in [0.2, 0.25) is 0 Å². The number of carbonyl (C=O) groups is 3. The van der Waals surface area contributed by atoms with Crippen molar-refractivity contribution in [3.05, 3.63) is 77.9 Å². The van der Waals surface area contributed by atoms with Gasteiger partial charge in [-0.15, -0.1) is 4.36 Å². The molecule has 1 heterocycles. The quantitative estimate of drug-likeness (QED) is 0.311. The Morgan fingerprint density at radius 2 is 1.48 bits per heavy atom. The Labute approximate surface area is 245 Å². The molecule has 1 atom stereocenters. The molecule has 0 radical (unpaired) electrons. The average Bonchev–Trinajstić information content (AvgIpc) is 2.83. The second-order valence-corrected chi connectivity index (χ2v) is 14.0. The molecule has 0 saturated carbocycles. The van der Waals surface area contributed by atoms with E-state index in [1.54, 1.807) is 71.9 Å². The SMILES string of the molecule is CC(C)(C)OC(=O)N=S(C)(=O)Cc1ccc(C(=O)Nc2cc(-c3ccc(F)cc3)ccc2NC(=O)OC(C)(C)C)cn1. The summed E-state index contributed by atoms with van der Waals surface area (Å²) in [5, 5.41) is 5.42. The molecule has 0 fully saturated rings. The summed E-state index contributed by atoms with van der Waals surface area (Å²) in [5.41, 5.74) is 0.938. The summed E-state index contributed by atoms with van der Waals surface area (Å²) < 4.78 is 40.4. The fourth-order valence-electron chi connectivity index (χ4n) is 3.58. The first-order valence-electron chi connectivity index (χ1n) is 13.0. The third kappa shape index (κ3) is 10.3. The van der Waals surface area contributed by atoms with Gasteiger partial charge >= 0.3 is 12.2 Å². The number of carbonyl (C=O) groups excluding carboxylic acids is 3. The van der Waals surface area contributed by atoms with Gasteiger partial charge in [0.15, 0.2) is 0 Å². The summed E-state index contributed by atoms with van der Waals surface area (Å²) in [4.78, 5) is 41.8. The second-order valence-electron chi connectivity index (χ2n) is 11.6. The van der Waals surface area contributed by atoms with Crippen molar-refractivity contribution in [3.8, 4) is 11.1 Å². The Bertz CT molecular complexity index is 1580. The molecular weight excluding hydrogens is 563 g/mol. The highest BCUT2D eigenvalue weighted by Gasteiger charge is 2.20. The van der Waals surface area contributed by atoms with Crippen LogP contribution in [0.4, 0.5) is 25.4 Å². The monoisotopic (exact) mass is 598 g/mol. The van der Waals surface area contributed by atoms with Crippen LogP contribution in [-0.4, -0.2) is 44.7 Å². The first-order valence-corrected chi connectivity index (χ1v) is 15.1. The van der Waals surface area contributed by atoms with Crippen LogP contribution in [0.15, 0.2) is 65.2 Å². The molecule has 0 saturated heterocycles. The van der Waals surface area contributed by atoms with Gasteiger partial charge in [0.25, 0.3) is 5.91 Å². The van der Waals surface area contributed by atoms with Gasteiger partial charge in [-0.05, 0) is 89.1 Å². The normalized spacial score (nSPS) is 13.0. The first kappa shape index (κ1) is 32.2. The van der Waals surface area contributed by atoms with Crippen LogP contribution in [0.5, 0.6) is 0 Å². The topological polar surface area (TPSA) is 136 Å². The van der Waals surface area contributed by atoms with E-state index in [-0.39, 0.29) is 28.5 Å². The van der Waals surface area contributed by atoms with Crippen LogP contribution in [0.25, 0.3) is 11.1 Å². The minimum atomic E-state index is -2.99. The molecule has 3 rings (SSSR count). The van der Waals surface area contributed by atoms with Gasteiger partial charge in [-0.2, -0.15) is 0 Å². The van der Waals surface area contributed by atoms with E-state index in [4.69, 9.17) is 9.47 Å². The van der Waals surface area contributed by atoms with E-state index in [2.05, 4.69) is 20.0 Å². The van der Waals surface area contributed by atoms with Crippen molar-refractivity contribution in [1.82, 2.24) is 4.98 Å². The summed E-state index contributed by atoms with van der Waals surface area (Å²) in [6.07, 6.45) is 0.994. The molecule has 10 nitrogen and oxygen atoms in total. The molecule has 42 heavy (non-hydrogen) atoms. The van der Waals surface area contributed by atoms with Crippen molar-refractivity contribution in [1.29, 1.82) is 0 Å². The lowest BCUT2D eigenvalue weighted by atomic mass is 10.0. The van der Waals surface area contributed by atoms with Gasteiger partial charge in [-0.25, -0.2) is 18.2 Å². The third-order valence-corrected chi connectivity index (χ3v) is 6.61. The molecule has 2 N–H and O–H groups in total. The molecular formula is C30H35FN4O6S. The average molecular weight is 599 g/mol. The predicted molar refractivity (Wildman–Crippen MR) is 160 cm³/mol. The first-order chi connectivity index (χ1) is 19.4. The Balaban J connectivity index is 1.83. The molecule has 1 aromatic heterocycles. The smallest absolute Gasteiger partial charge is 0.442 e. The molecule has 0 spiro atoms. The van der Waals surface area contributed by atoms with E-state index >= 15 is 0 Å². The summed E-state index contributed by atoms with van der Waals surface area (Å²) in [7, 11) is -2.99. The zero-order chi connectivity index (χ0) is 31.3. The van der Waals surface area contributed by atoms with Gasteiger partial charge in [-0.1, -0.05) is 18.2 Å². The van der Waals surface area contributed by atoms with Crippen molar-refractivity contribution in [2.75, 3.05) is 16.9 Å². The summed E-state index contributed by atoms with van der Waals surface area (Å²) in [6, 6.07) is 13.8. The van der Waals surface area contributed by atoms with Crippen molar-refractivity contribution in [2.45, 2.75) is 58.5 Å². The highest BCUT2D eigenvalue weighted by atomic mass is 32.2. The molecule has 0 aliphatic heterocycles. The largest absolute Gasteiger partial charge is 0.444 e. The number of hydrogen-bond acceptors (Lipinski definition) is 7. The van der Waals surface area contributed by atoms with Gasteiger partial charge in [-0.3, -0.25) is 15.1 Å². The van der Waals surface area contributed by atoms with Gasteiger partial charge in [0.1, 0.15) is 17.0 Å². The number of nitrogens with one attached hydrogen (secondary N) is 2. The van der Waals surface area contributed by atoms with Gasteiger partial charge in [0, 0.05) is 12.5 Å². The number of amides is 3. The molecule has 12 heteroatoms. The molecule has 3 aromatic rings. The zero-order valence-electron chi connectivity index (χ0n) is 24.6. The minimum absolute atomic E-state index is 0.127. The standard InChI is InChI=1S/C30H35FN4O6S/c1-29(2,3)40-27(37)34-24-15-11-20(19-8-12-22(31)13-9-19)16-25(24)33-26(36)21-10-14-23(32-17-21)18-42(7,39)35-28(38)41-30(4,5)6/h8-17H,18H2,1-7H3,(H,33,36)(H,34,37). The Morgan fingerprint density at radius 3 is 2.05 bits per heavy atom. The highest BCUT2D eigenvalue weighted by Crippen LogP contribution is 2.30. The number of ether oxygens (including phenoxy) is 2. The number of anilines is 2. The number of rotatable bonds is 6. The molecule has 2 aromatic carbocycles. The van der Waals surface area contributed by atoms with E-state index in [9.17, 15) is 23.0 Å². The van der Waals surface area contributed by atoms with Crippen molar-refractivity contribution in [2.24, 2.45) is 4.36 Å². The lowest BCUT2D eigenvalue weighted by Gasteiger charge is -2.21. The summed E-state index contributed by atoms with van der Waals surface area (Å²) >= 11 is 0. The second kappa shape index (κ2) is 12.7. The van der Waals surface area contributed by atoms with Crippen LogP contribution < -0.4 is 10.6 Å². The highest BCUT2D eigenvalue weighted by molar-refractivity contribution is 7.92. The van der Waals surface area contributed by atoms with E-state index in [1.165, 1.54) is 36.7 Å². The summed E-state index contributed by atoms with van der Waals surface area (Å²) in [5.74, 6) is -1.05. The Kier molecular flexibility index (Phi) is 9.72. The van der Waals surface area contributed by atoms with Crippen LogP contribution in [0.3, 0.4) is 0 Å². The molecule has 0 aliphatic rings. The number of aromatic nitrogens is 1. The molecule has 0 bridgehead atoms. The van der Waals surface area contributed by atoms with E-state index in [0.29, 0.717) is 16.8 Å². The molecule has 0 aliphatic carbocycles. The number of pyridine rings is 1. The van der Waals surface area contributed by atoms with Gasteiger partial charge in [0.2, 0.25) is 0 Å². The van der Waals surface area contributed by atoms with Gasteiger partial charge < -0.3 is 14.8 Å². The minimum Gasteiger partial charge on any atom is -0.444 e. The molecule has 1 unspecified atom stereocenters. The van der Waals surface area contributed by atoms with E-state index < -0.39 is 39.0 Å². The van der Waals surface area contributed by atoms with Crippen LogP contribution in [-0.2, 0) is 25.0 Å². The Hall–Kier alpha value is -4.32.